The van der Waals surface area contributed by atoms with Gasteiger partial charge < -0.3 is 4.42 Å². The summed E-state index contributed by atoms with van der Waals surface area (Å²) in [4.78, 5) is 0.735. The van der Waals surface area contributed by atoms with E-state index in [9.17, 15) is 0 Å². The van der Waals surface area contributed by atoms with Crippen molar-refractivity contribution >= 4 is 39.5 Å². The first kappa shape index (κ1) is 14.1. The van der Waals surface area contributed by atoms with Gasteiger partial charge in [0.1, 0.15) is 22.8 Å². The molecule has 0 aliphatic carbocycles. The van der Waals surface area contributed by atoms with Crippen molar-refractivity contribution in [2.24, 2.45) is 0 Å². The summed E-state index contributed by atoms with van der Waals surface area (Å²) in [6, 6.07) is 11.5. The largest absolute Gasteiger partial charge is 0.465 e. The quantitative estimate of drug-likeness (QED) is 0.496. The second kappa shape index (κ2) is 5.64. The number of fused-ring (bicyclic) bond motifs is 2. The average molecular weight is 349 g/mol. The van der Waals surface area contributed by atoms with E-state index in [0.717, 1.165) is 26.8 Å². The number of furan rings is 1. The number of rotatable bonds is 4. The van der Waals surface area contributed by atoms with E-state index >= 15 is 0 Å². The first-order valence-corrected chi connectivity index (χ1v) is 8.39. The van der Waals surface area contributed by atoms with Crippen LogP contribution in [0.5, 0.6) is 0 Å². The minimum atomic E-state index is 0.451. The lowest BCUT2D eigenvalue weighted by Gasteiger charge is -1.98. The Bertz CT molecular complexity index is 1180. The van der Waals surface area contributed by atoms with Gasteiger partial charge in [0.2, 0.25) is 4.96 Å². The predicted molar refractivity (Wildman–Crippen MR) is 92.9 cm³/mol. The fraction of sp³-hybridized carbons (Fsp3) is 0.0625. The van der Waals surface area contributed by atoms with Gasteiger partial charge in [-0.1, -0.05) is 28.7 Å². The maximum Gasteiger partial charge on any atom is 0.235 e. The highest BCUT2D eigenvalue weighted by Gasteiger charge is 2.13. The minimum Gasteiger partial charge on any atom is -0.465 e. The SMILES string of the molecule is C(=Cc1nn2c(Cn3nnc4ccccc43)nnc2s1)c1ccco1. The Kier molecular flexibility index (Phi) is 3.17. The number of hydrogen-bond donors (Lipinski definition) is 0. The molecule has 0 radical (unpaired) electrons. The Morgan fingerprint density at radius 3 is 2.92 bits per heavy atom. The molecule has 1 aromatic carbocycles. The summed E-state index contributed by atoms with van der Waals surface area (Å²) in [6.07, 6.45) is 5.40. The van der Waals surface area contributed by atoms with Crippen LogP contribution in [0.15, 0.2) is 47.1 Å². The Labute approximate surface area is 145 Å². The summed E-state index contributed by atoms with van der Waals surface area (Å²) in [5, 5.41) is 22.1. The molecular weight excluding hydrogens is 338 g/mol. The van der Waals surface area contributed by atoms with Gasteiger partial charge in [-0.25, -0.2) is 4.68 Å². The standard InChI is InChI=1S/C16H11N7OS/c1-2-6-13-12(5-1)17-21-22(13)10-14-18-19-16-23(14)20-15(25-16)8-7-11-4-3-9-24-11/h1-9H,10H2. The molecule has 0 saturated carbocycles. The van der Waals surface area contributed by atoms with E-state index in [4.69, 9.17) is 4.42 Å². The van der Waals surface area contributed by atoms with Crippen LogP contribution in [0.3, 0.4) is 0 Å². The molecule has 4 heterocycles. The van der Waals surface area contributed by atoms with E-state index in [0.29, 0.717) is 12.4 Å². The molecule has 0 aliphatic heterocycles. The molecule has 25 heavy (non-hydrogen) atoms. The molecule has 0 atom stereocenters. The number of para-hydroxylation sites is 1. The van der Waals surface area contributed by atoms with Gasteiger partial charge in [0.25, 0.3) is 0 Å². The average Bonchev–Trinajstić information content (AvgIpc) is 3.39. The monoisotopic (exact) mass is 349 g/mol. The highest BCUT2D eigenvalue weighted by Crippen LogP contribution is 2.18. The first-order chi connectivity index (χ1) is 12.4. The summed E-state index contributed by atoms with van der Waals surface area (Å²) in [7, 11) is 0. The summed E-state index contributed by atoms with van der Waals surface area (Å²) < 4.78 is 8.82. The van der Waals surface area contributed by atoms with Crippen molar-refractivity contribution in [3.63, 3.8) is 0 Å². The highest BCUT2D eigenvalue weighted by atomic mass is 32.1. The van der Waals surface area contributed by atoms with Gasteiger partial charge in [0.15, 0.2) is 5.82 Å². The smallest absolute Gasteiger partial charge is 0.235 e. The molecule has 0 aliphatic rings. The van der Waals surface area contributed by atoms with E-state index in [1.165, 1.54) is 11.3 Å². The summed E-state index contributed by atoms with van der Waals surface area (Å²) in [6.45, 7) is 0.451. The molecule has 9 heteroatoms. The number of nitrogens with zero attached hydrogens (tertiary/aromatic N) is 7. The zero-order chi connectivity index (χ0) is 16.6. The van der Waals surface area contributed by atoms with Crippen molar-refractivity contribution in [1.82, 2.24) is 34.8 Å². The Balaban J connectivity index is 1.47. The molecule has 4 aromatic heterocycles. The summed E-state index contributed by atoms with van der Waals surface area (Å²) in [5.74, 6) is 1.49. The summed E-state index contributed by atoms with van der Waals surface area (Å²) >= 11 is 1.46. The van der Waals surface area contributed by atoms with Crippen molar-refractivity contribution in [1.29, 1.82) is 0 Å². The molecule has 0 fully saturated rings. The molecule has 0 spiro atoms. The topological polar surface area (TPSA) is 86.9 Å². The molecule has 0 N–H and O–H groups in total. The second-order valence-corrected chi connectivity index (χ2v) is 6.32. The molecule has 0 amide bonds. The predicted octanol–water partition coefficient (Wildman–Crippen LogP) is 2.74. The molecular formula is C16H11N7OS. The Hall–Kier alpha value is -3.33. The Morgan fingerprint density at radius 1 is 1.04 bits per heavy atom. The van der Waals surface area contributed by atoms with E-state index in [1.807, 2.05) is 48.6 Å². The van der Waals surface area contributed by atoms with Crippen LogP contribution in [0.25, 0.3) is 28.1 Å². The van der Waals surface area contributed by atoms with Crippen LogP contribution in [-0.2, 0) is 6.54 Å². The van der Waals surface area contributed by atoms with Crippen LogP contribution in [0.4, 0.5) is 0 Å². The molecule has 5 aromatic rings. The third-order valence-corrected chi connectivity index (χ3v) is 4.58. The van der Waals surface area contributed by atoms with Gasteiger partial charge in [0.05, 0.1) is 11.8 Å². The van der Waals surface area contributed by atoms with Gasteiger partial charge in [-0.3, -0.25) is 0 Å². The van der Waals surface area contributed by atoms with Crippen LogP contribution in [0, 0.1) is 0 Å². The van der Waals surface area contributed by atoms with Crippen LogP contribution >= 0.6 is 11.3 Å². The summed E-state index contributed by atoms with van der Waals surface area (Å²) in [5.41, 5.74) is 1.80. The van der Waals surface area contributed by atoms with Crippen LogP contribution in [0.2, 0.25) is 0 Å². The number of aromatic nitrogens is 7. The Morgan fingerprint density at radius 2 is 2.00 bits per heavy atom. The lowest BCUT2D eigenvalue weighted by atomic mass is 10.3. The van der Waals surface area contributed by atoms with Crippen molar-refractivity contribution in [3.05, 3.63) is 59.3 Å². The number of benzene rings is 1. The van der Waals surface area contributed by atoms with Crippen LogP contribution in [0.1, 0.15) is 16.6 Å². The molecule has 122 valence electrons. The second-order valence-electron chi connectivity index (χ2n) is 5.34. The lowest BCUT2D eigenvalue weighted by Crippen LogP contribution is -2.06. The van der Waals surface area contributed by atoms with Crippen molar-refractivity contribution in [2.75, 3.05) is 0 Å². The van der Waals surface area contributed by atoms with Gasteiger partial charge in [0, 0.05) is 0 Å². The number of hydrogen-bond acceptors (Lipinski definition) is 7. The first-order valence-electron chi connectivity index (χ1n) is 7.58. The van der Waals surface area contributed by atoms with Crippen molar-refractivity contribution in [2.45, 2.75) is 6.54 Å². The van der Waals surface area contributed by atoms with E-state index in [-0.39, 0.29) is 0 Å². The van der Waals surface area contributed by atoms with Crippen molar-refractivity contribution < 1.29 is 4.42 Å². The molecule has 0 saturated heterocycles. The minimum absolute atomic E-state index is 0.451. The zero-order valence-corrected chi connectivity index (χ0v) is 13.7. The maximum atomic E-state index is 5.28. The fourth-order valence-corrected chi connectivity index (χ4v) is 3.31. The van der Waals surface area contributed by atoms with E-state index in [2.05, 4.69) is 25.6 Å². The highest BCUT2D eigenvalue weighted by molar-refractivity contribution is 7.17. The third kappa shape index (κ3) is 2.50. The normalized spacial score (nSPS) is 12.0. The molecule has 0 bridgehead atoms. The fourth-order valence-electron chi connectivity index (χ4n) is 2.55. The third-order valence-electron chi connectivity index (χ3n) is 3.72. The van der Waals surface area contributed by atoms with E-state index in [1.54, 1.807) is 15.5 Å². The van der Waals surface area contributed by atoms with Crippen LogP contribution < -0.4 is 0 Å². The molecule has 0 unspecified atom stereocenters. The lowest BCUT2D eigenvalue weighted by molar-refractivity contribution is 0.557. The molecule has 5 rings (SSSR count). The van der Waals surface area contributed by atoms with Gasteiger partial charge in [-0.15, -0.1) is 15.3 Å². The van der Waals surface area contributed by atoms with Gasteiger partial charge in [-0.05, 0) is 36.4 Å². The van der Waals surface area contributed by atoms with Crippen LogP contribution in [-0.4, -0.2) is 34.8 Å². The zero-order valence-electron chi connectivity index (χ0n) is 12.9. The van der Waals surface area contributed by atoms with Gasteiger partial charge in [-0.2, -0.15) is 9.61 Å². The van der Waals surface area contributed by atoms with E-state index < -0.39 is 0 Å². The molecule has 8 nitrogen and oxygen atoms in total. The van der Waals surface area contributed by atoms with Gasteiger partial charge >= 0.3 is 0 Å². The maximum absolute atomic E-state index is 5.28. The van der Waals surface area contributed by atoms with Crippen molar-refractivity contribution in [3.8, 4) is 0 Å².